The molecule has 4 rings (SSSR count). The third-order valence-corrected chi connectivity index (χ3v) is 5.48. The van der Waals surface area contributed by atoms with Crippen molar-refractivity contribution in [1.29, 1.82) is 0 Å². The number of aromatic nitrogens is 3. The van der Waals surface area contributed by atoms with Gasteiger partial charge in [-0.1, -0.05) is 77.6 Å². The second-order valence-electron chi connectivity index (χ2n) is 9.18. The fourth-order valence-electron chi connectivity index (χ4n) is 3.81. The van der Waals surface area contributed by atoms with Crippen molar-refractivity contribution in [2.24, 2.45) is 5.92 Å². The monoisotopic (exact) mass is 418 g/mol. The SMILES string of the molecule is C.C[C@@H](COCc1ccc(C(C)(C)C)cc1)Cn1cnc2c(N)nc3ccccc3c21. The molecule has 0 unspecified atom stereocenters. The van der Waals surface area contributed by atoms with Gasteiger partial charge in [-0.05, 0) is 28.5 Å². The summed E-state index contributed by atoms with van der Waals surface area (Å²) in [6, 6.07) is 16.8. The van der Waals surface area contributed by atoms with Crippen LogP contribution in [0.3, 0.4) is 0 Å². The number of nitrogens with two attached hydrogens (primary N) is 1. The molecule has 2 heterocycles. The van der Waals surface area contributed by atoms with Crippen molar-refractivity contribution in [1.82, 2.24) is 14.5 Å². The number of benzene rings is 2. The molecule has 0 saturated carbocycles. The van der Waals surface area contributed by atoms with E-state index in [4.69, 9.17) is 10.5 Å². The molecule has 0 bridgehead atoms. The summed E-state index contributed by atoms with van der Waals surface area (Å²) in [4.78, 5) is 8.99. The number of pyridine rings is 1. The largest absolute Gasteiger partial charge is 0.382 e. The van der Waals surface area contributed by atoms with Gasteiger partial charge < -0.3 is 15.0 Å². The number of hydrogen-bond acceptors (Lipinski definition) is 4. The Bertz CT molecular complexity index is 1160. The van der Waals surface area contributed by atoms with E-state index in [9.17, 15) is 0 Å². The number of hydrogen-bond donors (Lipinski definition) is 1. The molecule has 0 spiro atoms. The summed E-state index contributed by atoms with van der Waals surface area (Å²) in [7, 11) is 0. The van der Waals surface area contributed by atoms with Crippen LogP contribution in [-0.2, 0) is 23.3 Å². The molecule has 0 aliphatic carbocycles. The number of para-hydroxylation sites is 1. The summed E-state index contributed by atoms with van der Waals surface area (Å²) in [5.41, 5.74) is 11.6. The molecule has 31 heavy (non-hydrogen) atoms. The molecule has 2 aromatic carbocycles. The van der Waals surface area contributed by atoms with Gasteiger partial charge in [0.1, 0.15) is 5.52 Å². The smallest absolute Gasteiger partial charge is 0.152 e. The highest BCUT2D eigenvalue weighted by molar-refractivity contribution is 6.06. The Hall–Kier alpha value is -2.92. The summed E-state index contributed by atoms with van der Waals surface area (Å²) in [5, 5.41) is 1.08. The summed E-state index contributed by atoms with van der Waals surface area (Å²) < 4.78 is 8.18. The van der Waals surface area contributed by atoms with E-state index in [0.717, 1.165) is 28.5 Å². The number of ether oxygens (including phenoxy) is 1. The van der Waals surface area contributed by atoms with Gasteiger partial charge in [0, 0.05) is 11.9 Å². The molecule has 2 aromatic heterocycles. The summed E-state index contributed by atoms with van der Waals surface area (Å²) in [5.74, 6) is 0.814. The molecular formula is C26H34N4O. The molecule has 0 fully saturated rings. The maximum atomic E-state index is 6.14. The minimum Gasteiger partial charge on any atom is -0.382 e. The molecule has 4 aromatic rings. The molecule has 0 amide bonds. The Morgan fingerprint density at radius 2 is 1.77 bits per heavy atom. The van der Waals surface area contributed by atoms with Gasteiger partial charge in [0.15, 0.2) is 5.82 Å². The summed E-state index contributed by atoms with van der Waals surface area (Å²) in [6.07, 6.45) is 1.86. The third kappa shape index (κ3) is 4.88. The molecule has 1 atom stereocenters. The predicted molar refractivity (Wildman–Crippen MR) is 130 cm³/mol. The van der Waals surface area contributed by atoms with Gasteiger partial charge in [-0.2, -0.15) is 0 Å². The number of fused-ring (bicyclic) bond motifs is 3. The number of anilines is 1. The van der Waals surface area contributed by atoms with E-state index < -0.39 is 0 Å². The zero-order chi connectivity index (χ0) is 21.3. The fourth-order valence-corrected chi connectivity index (χ4v) is 3.81. The third-order valence-electron chi connectivity index (χ3n) is 5.48. The maximum absolute atomic E-state index is 6.14. The highest BCUT2D eigenvalue weighted by Crippen LogP contribution is 2.27. The molecule has 2 N–H and O–H groups in total. The van der Waals surface area contributed by atoms with Crippen LogP contribution in [0.4, 0.5) is 5.82 Å². The van der Waals surface area contributed by atoms with Crippen molar-refractivity contribution in [2.75, 3.05) is 12.3 Å². The van der Waals surface area contributed by atoms with E-state index in [1.807, 2.05) is 24.5 Å². The number of nitrogen functional groups attached to an aromatic ring is 1. The van der Waals surface area contributed by atoms with E-state index >= 15 is 0 Å². The zero-order valence-electron chi connectivity index (χ0n) is 18.2. The first kappa shape index (κ1) is 22.8. The highest BCUT2D eigenvalue weighted by atomic mass is 16.5. The molecule has 0 aliphatic heterocycles. The second kappa shape index (κ2) is 9.06. The molecule has 164 valence electrons. The van der Waals surface area contributed by atoms with Gasteiger partial charge in [-0.25, -0.2) is 9.97 Å². The minimum atomic E-state index is 0. The van der Waals surface area contributed by atoms with Crippen LogP contribution in [0.2, 0.25) is 0 Å². The normalized spacial score (nSPS) is 12.8. The average Bonchev–Trinajstić information content (AvgIpc) is 3.12. The lowest BCUT2D eigenvalue weighted by molar-refractivity contribution is 0.0872. The Kier molecular flexibility index (Phi) is 6.65. The number of nitrogens with zero attached hydrogens (tertiary/aromatic N) is 3. The van der Waals surface area contributed by atoms with Crippen LogP contribution in [-0.4, -0.2) is 21.1 Å². The van der Waals surface area contributed by atoms with E-state index in [-0.39, 0.29) is 12.8 Å². The van der Waals surface area contributed by atoms with Crippen LogP contribution >= 0.6 is 0 Å². The second-order valence-corrected chi connectivity index (χ2v) is 9.18. The first-order valence-electron chi connectivity index (χ1n) is 10.5. The topological polar surface area (TPSA) is 66.0 Å². The van der Waals surface area contributed by atoms with Crippen LogP contribution < -0.4 is 5.73 Å². The standard InChI is InChI=1S/C25H30N4O.CH4/c1-17(14-30-15-18-9-11-19(12-10-18)25(2,3)4)13-29-16-27-22-23(29)20-7-5-6-8-21(20)28-24(22)26;/h5-12,16-17H,13-15H2,1-4H3,(H2,26,28);1H4/t17-;/m1./s1. The van der Waals surface area contributed by atoms with Crippen LogP contribution in [0.1, 0.15) is 46.2 Å². The Balaban J connectivity index is 0.00000272. The molecular weight excluding hydrogens is 384 g/mol. The van der Waals surface area contributed by atoms with Crippen molar-refractivity contribution in [3.8, 4) is 0 Å². The zero-order valence-corrected chi connectivity index (χ0v) is 18.2. The van der Waals surface area contributed by atoms with E-state index in [1.54, 1.807) is 0 Å². The van der Waals surface area contributed by atoms with Gasteiger partial charge in [-0.3, -0.25) is 0 Å². The quantitative estimate of drug-likeness (QED) is 0.420. The number of imidazole rings is 1. The molecule has 0 aliphatic rings. The lowest BCUT2D eigenvalue weighted by atomic mass is 9.87. The van der Waals surface area contributed by atoms with E-state index in [1.165, 1.54) is 11.1 Å². The summed E-state index contributed by atoms with van der Waals surface area (Å²) in [6.45, 7) is 11.0. The van der Waals surface area contributed by atoms with Gasteiger partial charge >= 0.3 is 0 Å². The van der Waals surface area contributed by atoms with Crippen LogP contribution in [0, 0.1) is 5.92 Å². The maximum Gasteiger partial charge on any atom is 0.152 e. The lowest BCUT2D eigenvalue weighted by Crippen LogP contribution is -2.13. The molecule has 0 radical (unpaired) electrons. The highest BCUT2D eigenvalue weighted by Gasteiger charge is 2.15. The van der Waals surface area contributed by atoms with Gasteiger partial charge in [-0.15, -0.1) is 0 Å². The first-order chi connectivity index (χ1) is 14.3. The summed E-state index contributed by atoms with van der Waals surface area (Å²) >= 11 is 0. The van der Waals surface area contributed by atoms with Crippen molar-refractivity contribution in [2.45, 2.75) is 53.7 Å². The van der Waals surface area contributed by atoms with Crippen molar-refractivity contribution < 1.29 is 4.74 Å². The molecule has 0 saturated heterocycles. The van der Waals surface area contributed by atoms with Gasteiger partial charge in [0.05, 0.1) is 30.6 Å². The van der Waals surface area contributed by atoms with Gasteiger partial charge in [0.25, 0.3) is 0 Å². The molecule has 5 nitrogen and oxygen atoms in total. The molecule has 5 heteroatoms. The Labute approximate surface area is 185 Å². The Morgan fingerprint density at radius 3 is 2.48 bits per heavy atom. The van der Waals surface area contributed by atoms with E-state index in [2.05, 4.69) is 72.6 Å². The van der Waals surface area contributed by atoms with Crippen LogP contribution in [0.5, 0.6) is 0 Å². The van der Waals surface area contributed by atoms with E-state index in [0.29, 0.717) is 24.9 Å². The minimum absolute atomic E-state index is 0. The van der Waals surface area contributed by atoms with Crippen molar-refractivity contribution in [3.63, 3.8) is 0 Å². The van der Waals surface area contributed by atoms with Crippen LogP contribution in [0.25, 0.3) is 21.9 Å². The first-order valence-corrected chi connectivity index (χ1v) is 10.5. The Morgan fingerprint density at radius 1 is 1.06 bits per heavy atom. The fraction of sp³-hybridized carbons (Fsp3) is 0.385. The van der Waals surface area contributed by atoms with Crippen LogP contribution in [0.15, 0.2) is 54.9 Å². The average molecular weight is 419 g/mol. The predicted octanol–water partition coefficient (Wildman–Crippen LogP) is 5.95. The van der Waals surface area contributed by atoms with Crippen molar-refractivity contribution >= 4 is 27.8 Å². The van der Waals surface area contributed by atoms with Gasteiger partial charge in [0.2, 0.25) is 0 Å². The lowest BCUT2D eigenvalue weighted by Gasteiger charge is -2.19. The number of rotatable bonds is 6. The van der Waals surface area contributed by atoms with Crippen molar-refractivity contribution in [3.05, 3.63) is 66.0 Å².